The molecular weight excluding hydrogens is 394 g/mol. The first-order valence-electron chi connectivity index (χ1n) is 8.73. The van der Waals surface area contributed by atoms with Crippen LogP contribution in [0.4, 0.5) is 8.78 Å². The SMILES string of the molecule is COc1ccc(-n2c(SCc3c(F)cccc3F)nnc2-c2cccnc2)cc1. The molecule has 0 unspecified atom stereocenters. The van der Waals surface area contributed by atoms with E-state index < -0.39 is 11.6 Å². The Morgan fingerprint density at radius 3 is 2.38 bits per heavy atom. The number of hydrogen-bond acceptors (Lipinski definition) is 5. The van der Waals surface area contributed by atoms with E-state index in [1.807, 2.05) is 41.0 Å². The van der Waals surface area contributed by atoms with Crippen LogP contribution in [-0.2, 0) is 5.75 Å². The first kappa shape index (κ1) is 19.1. The molecule has 2 aromatic carbocycles. The van der Waals surface area contributed by atoms with E-state index in [2.05, 4.69) is 15.2 Å². The monoisotopic (exact) mass is 410 g/mol. The van der Waals surface area contributed by atoms with Crippen molar-refractivity contribution in [3.63, 3.8) is 0 Å². The molecule has 0 aliphatic carbocycles. The van der Waals surface area contributed by atoms with Crippen LogP contribution >= 0.6 is 11.8 Å². The maximum absolute atomic E-state index is 14.0. The summed E-state index contributed by atoms with van der Waals surface area (Å²) in [5, 5.41) is 9.06. The first-order valence-corrected chi connectivity index (χ1v) is 9.72. The molecule has 29 heavy (non-hydrogen) atoms. The van der Waals surface area contributed by atoms with Crippen LogP contribution in [-0.4, -0.2) is 26.9 Å². The molecule has 146 valence electrons. The van der Waals surface area contributed by atoms with Crippen LogP contribution in [0.1, 0.15) is 5.56 Å². The third kappa shape index (κ3) is 3.97. The van der Waals surface area contributed by atoms with Crippen molar-refractivity contribution in [2.45, 2.75) is 10.9 Å². The number of nitrogens with zero attached hydrogens (tertiary/aromatic N) is 4. The highest BCUT2D eigenvalue weighted by atomic mass is 32.2. The van der Waals surface area contributed by atoms with Crippen LogP contribution in [0.15, 0.2) is 72.1 Å². The molecule has 0 saturated carbocycles. The predicted octanol–water partition coefficient (Wildman–Crippen LogP) is 4.91. The van der Waals surface area contributed by atoms with Gasteiger partial charge in [-0.05, 0) is 48.5 Å². The number of methoxy groups -OCH3 is 1. The maximum Gasteiger partial charge on any atom is 0.196 e. The molecule has 4 rings (SSSR count). The fourth-order valence-corrected chi connectivity index (χ4v) is 3.79. The van der Waals surface area contributed by atoms with Gasteiger partial charge in [-0.1, -0.05) is 17.8 Å². The average Bonchev–Trinajstić information content (AvgIpc) is 3.18. The molecule has 0 bridgehead atoms. The van der Waals surface area contributed by atoms with Gasteiger partial charge in [0.15, 0.2) is 11.0 Å². The van der Waals surface area contributed by atoms with Crippen molar-refractivity contribution in [3.05, 3.63) is 84.2 Å². The lowest BCUT2D eigenvalue weighted by atomic mass is 10.2. The summed E-state index contributed by atoms with van der Waals surface area (Å²) >= 11 is 1.21. The standard InChI is InChI=1S/C21H16F2N4OS/c1-28-16-9-7-15(8-10-16)27-20(14-4-3-11-24-12-14)25-26-21(27)29-13-17-18(22)5-2-6-19(17)23/h2-12H,13H2,1H3. The molecule has 0 aliphatic heterocycles. The van der Waals surface area contributed by atoms with E-state index in [0.29, 0.717) is 16.7 Å². The van der Waals surface area contributed by atoms with Crippen LogP contribution < -0.4 is 4.74 Å². The van der Waals surface area contributed by atoms with E-state index in [1.165, 1.54) is 30.0 Å². The van der Waals surface area contributed by atoms with Crippen molar-refractivity contribution < 1.29 is 13.5 Å². The third-order valence-corrected chi connectivity index (χ3v) is 5.25. The number of benzene rings is 2. The van der Waals surface area contributed by atoms with Crippen molar-refractivity contribution >= 4 is 11.8 Å². The molecule has 2 heterocycles. The van der Waals surface area contributed by atoms with Gasteiger partial charge in [0.05, 0.1) is 7.11 Å². The van der Waals surface area contributed by atoms with Crippen molar-refractivity contribution in [3.8, 4) is 22.8 Å². The zero-order valence-electron chi connectivity index (χ0n) is 15.4. The number of thioether (sulfide) groups is 1. The fourth-order valence-electron chi connectivity index (χ4n) is 2.82. The summed E-state index contributed by atoms with van der Waals surface area (Å²) in [5.41, 5.74) is 1.58. The molecule has 4 aromatic rings. The van der Waals surface area contributed by atoms with E-state index in [4.69, 9.17) is 4.74 Å². The normalized spacial score (nSPS) is 10.9. The third-order valence-electron chi connectivity index (χ3n) is 4.29. The summed E-state index contributed by atoms with van der Waals surface area (Å²) < 4.78 is 35.1. The lowest BCUT2D eigenvalue weighted by molar-refractivity contribution is 0.414. The Balaban J connectivity index is 1.74. The van der Waals surface area contributed by atoms with Gasteiger partial charge in [-0.15, -0.1) is 10.2 Å². The van der Waals surface area contributed by atoms with Crippen molar-refractivity contribution in [1.29, 1.82) is 0 Å². The molecular formula is C21H16F2N4OS. The van der Waals surface area contributed by atoms with E-state index in [1.54, 1.807) is 19.5 Å². The molecule has 0 fully saturated rings. The van der Waals surface area contributed by atoms with Gasteiger partial charge < -0.3 is 4.74 Å². The lowest BCUT2D eigenvalue weighted by Gasteiger charge is -2.11. The summed E-state index contributed by atoms with van der Waals surface area (Å²) in [6.07, 6.45) is 3.36. The molecule has 2 aromatic heterocycles. The Hall–Kier alpha value is -3.26. The summed E-state index contributed by atoms with van der Waals surface area (Å²) in [6.45, 7) is 0. The smallest absolute Gasteiger partial charge is 0.196 e. The molecule has 0 saturated heterocycles. The Bertz CT molecular complexity index is 1100. The van der Waals surface area contributed by atoms with Gasteiger partial charge in [0.2, 0.25) is 0 Å². The van der Waals surface area contributed by atoms with Gasteiger partial charge in [-0.3, -0.25) is 9.55 Å². The summed E-state index contributed by atoms with van der Waals surface area (Å²) in [5.74, 6) is 0.216. The van der Waals surface area contributed by atoms with E-state index >= 15 is 0 Å². The van der Waals surface area contributed by atoms with Crippen LogP contribution in [0.25, 0.3) is 17.1 Å². The molecule has 0 N–H and O–H groups in total. The Kier molecular flexibility index (Phi) is 5.53. The summed E-state index contributed by atoms with van der Waals surface area (Å²) in [4.78, 5) is 4.14. The Morgan fingerprint density at radius 2 is 1.72 bits per heavy atom. The number of aromatic nitrogens is 4. The minimum atomic E-state index is -0.583. The highest BCUT2D eigenvalue weighted by Crippen LogP contribution is 2.31. The van der Waals surface area contributed by atoms with Gasteiger partial charge in [0.1, 0.15) is 17.4 Å². The number of rotatable bonds is 6. The van der Waals surface area contributed by atoms with Gasteiger partial charge in [-0.25, -0.2) is 8.78 Å². The fraction of sp³-hybridized carbons (Fsp3) is 0.0952. The summed E-state index contributed by atoms with van der Waals surface area (Å²) in [6, 6.07) is 14.9. The van der Waals surface area contributed by atoms with Crippen LogP contribution in [0.3, 0.4) is 0 Å². The second-order valence-electron chi connectivity index (χ2n) is 6.07. The van der Waals surface area contributed by atoms with E-state index in [9.17, 15) is 8.78 Å². The maximum atomic E-state index is 14.0. The zero-order valence-corrected chi connectivity index (χ0v) is 16.2. The minimum absolute atomic E-state index is 0.00436. The summed E-state index contributed by atoms with van der Waals surface area (Å²) in [7, 11) is 1.60. The van der Waals surface area contributed by atoms with Gasteiger partial charge >= 0.3 is 0 Å². The number of halogens is 2. The first-order chi connectivity index (χ1) is 14.2. The van der Waals surface area contributed by atoms with Crippen molar-refractivity contribution in [2.75, 3.05) is 7.11 Å². The molecule has 0 atom stereocenters. The number of pyridine rings is 1. The van der Waals surface area contributed by atoms with Crippen molar-refractivity contribution in [2.24, 2.45) is 0 Å². The van der Waals surface area contributed by atoms with Crippen LogP contribution in [0.5, 0.6) is 5.75 Å². The lowest BCUT2D eigenvalue weighted by Crippen LogP contribution is -2.01. The van der Waals surface area contributed by atoms with Gasteiger partial charge in [0.25, 0.3) is 0 Å². The van der Waals surface area contributed by atoms with Crippen LogP contribution in [0, 0.1) is 11.6 Å². The Morgan fingerprint density at radius 1 is 0.966 bits per heavy atom. The largest absolute Gasteiger partial charge is 0.497 e. The second-order valence-corrected chi connectivity index (χ2v) is 7.01. The number of hydrogen-bond donors (Lipinski definition) is 0. The van der Waals surface area contributed by atoms with E-state index in [0.717, 1.165) is 11.3 Å². The molecule has 0 amide bonds. The molecule has 8 heteroatoms. The number of ether oxygens (including phenoxy) is 1. The highest BCUT2D eigenvalue weighted by Gasteiger charge is 2.18. The van der Waals surface area contributed by atoms with E-state index in [-0.39, 0.29) is 11.3 Å². The molecule has 0 radical (unpaired) electrons. The minimum Gasteiger partial charge on any atom is -0.497 e. The zero-order chi connectivity index (χ0) is 20.2. The topological polar surface area (TPSA) is 52.8 Å². The van der Waals surface area contributed by atoms with Crippen LogP contribution in [0.2, 0.25) is 0 Å². The molecule has 5 nitrogen and oxygen atoms in total. The Labute approximate surface area is 170 Å². The second kappa shape index (κ2) is 8.40. The predicted molar refractivity (Wildman–Crippen MR) is 107 cm³/mol. The molecule has 0 spiro atoms. The average molecular weight is 410 g/mol. The van der Waals surface area contributed by atoms with Crippen molar-refractivity contribution in [1.82, 2.24) is 19.7 Å². The van der Waals surface area contributed by atoms with Gasteiger partial charge in [0, 0.05) is 35.0 Å². The highest BCUT2D eigenvalue weighted by molar-refractivity contribution is 7.98. The molecule has 0 aliphatic rings. The van der Waals surface area contributed by atoms with Gasteiger partial charge in [-0.2, -0.15) is 0 Å². The quantitative estimate of drug-likeness (QED) is 0.423.